The summed E-state index contributed by atoms with van der Waals surface area (Å²) in [6.45, 7) is 2.01. The zero-order valence-corrected chi connectivity index (χ0v) is 17.5. The van der Waals surface area contributed by atoms with Crippen LogP contribution >= 0.6 is 0 Å². The first-order valence-electron chi connectivity index (χ1n) is 9.89. The maximum absolute atomic E-state index is 12.0. The van der Waals surface area contributed by atoms with E-state index in [1.807, 2.05) is 48.5 Å². The lowest BCUT2D eigenvalue weighted by atomic mass is 10.2. The van der Waals surface area contributed by atoms with E-state index in [-0.39, 0.29) is 6.54 Å². The fourth-order valence-electron chi connectivity index (χ4n) is 3.96. The third-order valence-corrected chi connectivity index (χ3v) is 6.70. The molecule has 0 amide bonds. The predicted octanol–water partition coefficient (Wildman–Crippen LogP) is 3.33. The van der Waals surface area contributed by atoms with E-state index in [4.69, 9.17) is 4.74 Å². The van der Waals surface area contributed by atoms with Gasteiger partial charge in [0, 0.05) is 24.5 Å². The van der Waals surface area contributed by atoms with Gasteiger partial charge in [0.05, 0.1) is 30.0 Å². The third kappa shape index (κ3) is 3.53. The fraction of sp³-hybridized carbons (Fsp3) is 0.273. The smallest absolute Gasteiger partial charge is 0.211 e. The molecule has 0 spiro atoms. The Balaban J connectivity index is 1.51. The van der Waals surface area contributed by atoms with Gasteiger partial charge >= 0.3 is 0 Å². The second-order valence-electron chi connectivity index (χ2n) is 7.58. The molecule has 1 aliphatic heterocycles. The van der Waals surface area contributed by atoms with Crippen molar-refractivity contribution in [2.24, 2.45) is 0 Å². The van der Waals surface area contributed by atoms with Crippen molar-refractivity contribution in [1.29, 1.82) is 0 Å². The highest BCUT2D eigenvalue weighted by atomic mass is 32.2. The van der Waals surface area contributed by atoms with Gasteiger partial charge in [0.15, 0.2) is 0 Å². The maximum atomic E-state index is 12.0. The molecule has 0 radical (unpaired) electrons. The zero-order chi connectivity index (χ0) is 20.7. The average molecular weight is 423 g/mol. The molecule has 3 heterocycles. The van der Waals surface area contributed by atoms with Crippen molar-refractivity contribution in [1.82, 2.24) is 18.8 Å². The van der Waals surface area contributed by atoms with Crippen molar-refractivity contribution in [2.75, 3.05) is 12.8 Å². The average Bonchev–Trinajstić information content (AvgIpc) is 2.94. The summed E-state index contributed by atoms with van der Waals surface area (Å²) in [5.74, 6) is 1.52. The highest BCUT2D eigenvalue weighted by Crippen LogP contribution is 2.29. The first kappa shape index (κ1) is 19.0. The summed E-state index contributed by atoms with van der Waals surface area (Å²) in [5.41, 5.74) is 3.73. The molecule has 30 heavy (non-hydrogen) atoms. The Bertz CT molecular complexity index is 1330. The van der Waals surface area contributed by atoms with Crippen LogP contribution in [0.4, 0.5) is 0 Å². The summed E-state index contributed by atoms with van der Waals surface area (Å²) in [6.07, 6.45) is 3.75. The van der Waals surface area contributed by atoms with Crippen molar-refractivity contribution >= 4 is 32.0 Å². The Hall–Kier alpha value is -2.97. The number of hydrogen-bond donors (Lipinski definition) is 0. The molecular weight excluding hydrogens is 400 g/mol. The molecular formula is C22H22N4O3S. The van der Waals surface area contributed by atoms with Crippen LogP contribution in [0, 0.1) is 0 Å². The van der Waals surface area contributed by atoms with Crippen LogP contribution in [0.3, 0.4) is 0 Å². The molecule has 0 aliphatic carbocycles. The van der Waals surface area contributed by atoms with Gasteiger partial charge in [-0.15, -0.1) is 0 Å². The van der Waals surface area contributed by atoms with Gasteiger partial charge in [-0.05, 0) is 24.1 Å². The monoisotopic (exact) mass is 422 g/mol. The molecule has 0 atom stereocenters. The molecule has 0 unspecified atom stereocenters. The van der Waals surface area contributed by atoms with Gasteiger partial charge in [0.2, 0.25) is 10.0 Å². The van der Waals surface area contributed by atoms with Gasteiger partial charge in [0.25, 0.3) is 0 Å². The number of pyridine rings is 1. The molecule has 5 rings (SSSR count). The van der Waals surface area contributed by atoms with Gasteiger partial charge in [-0.25, -0.2) is 13.4 Å². The van der Waals surface area contributed by atoms with Crippen molar-refractivity contribution in [2.45, 2.75) is 26.1 Å². The van der Waals surface area contributed by atoms with E-state index in [9.17, 15) is 8.42 Å². The quantitative estimate of drug-likeness (QED) is 0.504. The van der Waals surface area contributed by atoms with E-state index < -0.39 is 10.0 Å². The highest BCUT2D eigenvalue weighted by molar-refractivity contribution is 7.88. The summed E-state index contributed by atoms with van der Waals surface area (Å²) in [4.78, 5) is 9.26. The van der Waals surface area contributed by atoms with Crippen molar-refractivity contribution in [3.05, 3.63) is 66.1 Å². The number of aromatic nitrogens is 3. The standard InChI is InChI=1S/C22H22N4O3S/c1-30(27,28)25-10-5-11-26-21(14-25)24-20-13-23-19-12-17(8-9-18(19)22(20)26)29-15-16-6-3-2-4-7-16/h2-4,6-9,12-13H,5,10-11,14-15H2,1H3. The molecule has 7 nitrogen and oxygen atoms in total. The van der Waals surface area contributed by atoms with Crippen LogP contribution in [0.25, 0.3) is 21.9 Å². The molecule has 4 aromatic rings. The molecule has 0 saturated carbocycles. The normalized spacial score (nSPS) is 15.2. The number of fused-ring (bicyclic) bond motifs is 5. The SMILES string of the molecule is CS(=O)(=O)N1CCCn2c(nc3cnc4cc(OCc5ccccc5)ccc4c32)C1. The molecule has 8 heteroatoms. The minimum Gasteiger partial charge on any atom is -0.489 e. The van der Waals surface area contributed by atoms with Crippen LogP contribution in [0.5, 0.6) is 5.75 Å². The van der Waals surface area contributed by atoms with Crippen molar-refractivity contribution < 1.29 is 13.2 Å². The summed E-state index contributed by atoms with van der Waals surface area (Å²) in [5, 5.41) is 0.992. The topological polar surface area (TPSA) is 77.3 Å². The lowest BCUT2D eigenvalue weighted by Crippen LogP contribution is -2.29. The number of sulfonamides is 1. The second-order valence-corrected chi connectivity index (χ2v) is 9.56. The Labute approximate surface area is 175 Å². The van der Waals surface area contributed by atoms with E-state index in [1.165, 1.54) is 10.6 Å². The highest BCUT2D eigenvalue weighted by Gasteiger charge is 2.24. The largest absolute Gasteiger partial charge is 0.489 e. The van der Waals surface area contributed by atoms with Crippen LogP contribution in [0.15, 0.2) is 54.7 Å². The molecule has 154 valence electrons. The minimum atomic E-state index is -3.26. The van der Waals surface area contributed by atoms with Gasteiger partial charge < -0.3 is 9.30 Å². The van der Waals surface area contributed by atoms with Crippen LogP contribution in [-0.2, 0) is 29.7 Å². The maximum Gasteiger partial charge on any atom is 0.211 e. The first-order valence-corrected chi connectivity index (χ1v) is 11.7. The van der Waals surface area contributed by atoms with E-state index in [0.29, 0.717) is 13.2 Å². The summed E-state index contributed by atoms with van der Waals surface area (Å²) in [7, 11) is -3.26. The minimum absolute atomic E-state index is 0.285. The van der Waals surface area contributed by atoms with Crippen LogP contribution in [0.2, 0.25) is 0 Å². The number of ether oxygens (including phenoxy) is 1. The lowest BCUT2D eigenvalue weighted by molar-refractivity contribution is 0.306. The lowest BCUT2D eigenvalue weighted by Gasteiger charge is -2.15. The molecule has 0 N–H and O–H groups in total. The number of hydrogen-bond acceptors (Lipinski definition) is 5. The van der Waals surface area contributed by atoms with Gasteiger partial charge in [-0.3, -0.25) is 4.98 Å². The fourth-order valence-corrected chi connectivity index (χ4v) is 4.77. The number of nitrogens with zero attached hydrogens (tertiary/aromatic N) is 4. The molecule has 0 saturated heterocycles. The van der Waals surface area contributed by atoms with Crippen LogP contribution in [0.1, 0.15) is 17.8 Å². The number of benzene rings is 2. The Kier molecular flexibility index (Phi) is 4.67. The van der Waals surface area contributed by atoms with Crippen molar-refractivity contribution in [3.63, 3.8) is 0 Å². The Morgan fingerprint density at radius 3 is 2.70 bits per heavy atom. The number of aryl methyl sites for hydroxylation is 1. The predicted molar refractivity (Wildman–Crippen MR) is 116 cm³/mol. The summed E-state index contributed by atoms with van der Waals surface area (Å²) in [6, 6.07) is 15.9. The molecule has 2 aromatic carbocycles. The number of imidazole rings is 1. The molecule has 1 aliphatic rings. The van der Waals surface area contributed by atoms with Gasteiger partial charge in [-0.2, -0.15) is 4.31 Å². The number of rotatable bonds is 4. The third-order valence-electron chi connectivity index (χ3n) is 5.45. The summed E-state index contributed by atoms with van der Waals surface area (Å²) >= 11 is 0. The van der Waals surface area contributed by atoms with E-state index in [2.05, 4.69) is 14.5 Å². The van der Waals surface area contributed by atoms with Crippen LogP contribution < -0.4 is 4.74 Å². The first-order chi connectivity index (χ1) is 14.5. The zero-order valence-electron chi connectivity index (χ0n) is 16.7. The van der Waals surface area contributed by atoms with E-state index >= 15 is 0 Å². The Morgan fingerprint density at radius 1 is 1.07 bits per heavy atom. The van der Waals surface area contributed by atoms with Crippen LogP contribution in [-0.4, -0.2) is 40.1 Å². The molecule has 2 aromatic heterocycles. The van der Waals surface area contributed by atoms with E-state index in [0.717, 1.165) is 52.0 Å². The van der Waals surface area contributed by atoms with Gasteiger partial charge in [-0.1, -0.05) is 30.3 Å². The van der Waals surface area contributed by atoms with Gasteiger partial charge in [0.1, 0.15) is 23.7 Å². The molecule has 0 bridgehead atoms. The van der Waals surface area contributed by atoms with E-state index in [1.54, 1.807) is 6.20 Å². The molecule has 0 fully saturated rings. The Morgan fingerprint density at radius 2 is 1.90 bits per heavy atom. The second kappa shape index (κ2) is 7.37. The van der Waals surface area contributed by atoms with Crippen molar-refractivity contribution in [3.8, 4) is 5.75 Å². The summed E-state index contributed by atoms with van der Waals surface area (Å²) < 4.78 is 33.6.